The third-order valence-electron chi connectivity index (χ3n) is 4.15. The van der Waals surface area contributed by atoms with Crippen LogP contribution >= 0.6 is 45.8 Å². The summed E-state index contributed by atoms with van der Waals surface area (Å²) in [5.74, 6) is -0.650. The fourth-order valence-electron chi connectivity index (χ4n) is 2.59. The average molecular weight is 567 g/mol. The van der Waals surface area contributed by atoms with E-state index in [9.17, 15) is 14.4 Å². The molecule has 3 aromatic rings. The lowest BCUT2D eigenvalue weighted by Gasteiger charge is -2.10. The molecule has 1 N–H and O–H groups in total. The first-order valence-electron chi connectivity index (χ1n) is 8.91. The molecule has 0 spiro atoms. The van der Waals surface area contributed by atoms with Gasteiger partial charge in [-0.05, 0) is 70.6 Å². The molecule has 0 bridgehead atoms. The van der Waals surface area contributed by atoms with Gasteiger partial charge in [-0.15, -0.1) is 0 Å². The number of carbonyl (C=O) groups is 1. The van der Waals surface area contributed by atoms with Crippen LogP contribution in [0.4, 0.5) is 10.1 Å². The minimum Gasteiger partial charge on any atom is -0.488 e. The Morgan fingerprint density at radius 1 is 1.16 bits per heavy atom. The van der Waals surface area contributed by atoms with Crippen LogP contribution < -0.4 is 10.1 Å². The molecule has 3 aromatic carbocycles. The standard InChI is InChI=1S/C23H14Cl2FIN2O2/c24-17-7-6-15(18(25)11-17)13-31-22-8-5-14(10-20(22)27)9-16(12-28)23(30)29-21-4-2-1-3-19(21)26/h1-11H,13H2,(H,29,30)/b16-9-. The molecule has 0 saturated heterocycles. The predicted octanol–water partition coefficient (Wildman–Crippen LogP) is 6.86. The van der Waals surface area contributed by atoms with Gasteiger partial charge in [0, 0.05) is 15.6 Å². The third kappa shape index (κ3) is 6.20. The number of halogens is 4. The van der Waals surface area contributed by atoms with E-state index in [4.69, 9.17) is 27.9 Å². The maximum absolute atomic E-state index is 13.7. The Kier molecular flexibility index (Phi) is 7.91. The van der Waals surface area contributed by atoms with Crippen LogP contribution in [0.1, 0.15) is 11.1 Å². The Hall–Kier alpha value is -2.60. The van der Waals surface area contributed by atoms with Crippen molar-refractivity contribution in [3.63, 3.8) is 0 Å². The molecule has 0 radical (unpaired) electrons. The molecular weight excluding hydrogens is 553 g/mol. The largest absolute Gasteiger partial charge is 0.488 e. The highest BCUT2D eigenvalue weighted by Crippen LogP contribution is 2.27. The molecule has 0 aromatic heterocycles. The quantitative estimate of drug-likeness (QED) is 0.201. The Labute approximate surface area is 202 Å². The number of nitrogens with zero attached hydrogens (tertiary/aromatic N) is 1. The Bertz CT molecular complexity index is 1210. The van der Waals surface area contributed by atoms with Crippen molar-refractivity contribution in [3.8, 4) is 11.8 Å². The summed E-state index contributed by atoms with van der Waals surface area (Å²) in [5.41, 5.74) is 1.28. The van der Waals surface area contributed by atoms with Crippen molar-refractivity contribution in [1.82, 2.24) is 0 Å². The second kappa shape index (κ2) is 10.6. The minimum absolute atomic E-state index is 0.00726. The minimum atomic E-state index is -0.694. The van der Waals surface area contributed by atoms with Gasteiger partial charge in [0.2, 0.25) is 0 Å². The van der Waals surface area contributed by atoms with Crippen LogP contribution in [0.15, 0.2) is 66.2 Å². The molecule has 4 nitrogen and oxygen atoms in total. The van der Waals surface area contributed by atoms with Gasteiger partial charge in [0.1, 0.15) is 29.8 Å². The number of rotatable bonds is 6. The molecular formula is C23H14Cl2FIN2O2. The summed E-state index contributed by atoms with van der Waals surface area (Å²) in [6, 6.07) is 18.0. The number of amides is 1. The predicted molar refractivity (Wildman–Crippen MR) is 129 cm³/mol. The van der Waals surface area contributed by atoms with Gasteiger partial charge in [-0.1, -0.05) is 47.5 Å². The van der Waals surface area contributed by atoms with Gasteiger partial charge in [-0.25, -0.2) is 4.39 Å². The number of ether oxygens (including phenoxy) is 1. The van der Waals surface area contributed by atoms with Crippen molar-refractivity contribution in [2.24, 2.45) is 0 Å². The van der Waals surface area contributed by atoms with Gasteiger partial charge in [-0.2, -0.15) is 5.26 Å². The summed E-state index contributed by atoms with van der Waals surface area (Å²) < 4.78 is 20.3. The second-order valence-corrected chi connectivity index (χ2v) is 8.32. The Balaban J connectivity index is 1.73. The lowest BCUT2D eigenvalue weighted by molar-refractivity contribution is -0.112. The number of hydrogen-bond acceptors (Lipinski definition) is 3. The molecule has 0 fully saturated rings. The van der Waals surface area contributed by atoms with Gasteiger partial charge in [-0.3, -0.25) is 4.79 Å². The maximum Gasteiger partial charge on any atom is 0.266 e. The van der Waals surface area contributed by atoms with Crippen LogP contribution in [0.3, 0.4) is 0 Å². The number of nitriles is 1. The Morgan fingerprint density at radius 3 is 2.61 bits per heavy atom. The summed E-state index contributed by atoms with van der Waals surface area (Å²) >= 11 is 14.2. The zero-order chi connectivity index (χ0) is 22.4. The van der Waals surface area contributed by atoms with E-state index in [1.54, 1.807) is 42.5 Å². The summed E-state index contributed by atoms with van der Waals surface area (Å²) in [6.07, 6.45) is 1.43. The fourth-order valence-corrected chi connectivity index (χ4v) is 3.74. The van der Waals surface area contributed by atoms with Crippen LogP contribution in [0, 0.1) is 20.7 Å². The zero-order valence-electron chi connectivity index (χ0n) is 15.8. The lowest BCUT2D eigenvalue weighted by atomic mass is 10.1. The third-order valence-corrected chi connectivity index (χ3v) is 5.58. The fraction of sp³-hybridized carbons (Fsp3) is 0.0435. The first-order chi connectivity index (χ1) is 14.9. The number of carbonyl (C=O) groups excluding carboxylic acids is 1. The second-order valence-electron chi connectivity index (χ2n) is 6.32. The normalized spacial score (nSPS) is 11.0. The molecule has 0 aliphatic rings. The topological polar surface area (TPSA) is 62.1 Å². The molecule has 0 aliphatic heterocycles. The van der Waals surface area contributed by atoms with E-state index in [0.717, 1.165) is 9.13 Å². The van der Waals surface area contributed by atoms with Gasteiger partial charge in [0.25, 0.3) is 5.91 Å². The van der Waals surface area contributed by atoms with E-state index >= 15 is 0 Å². The van der Waals surface area contributed by atoms with Gasteiger partial charge < -0.3 is 10.1 Å². The number of para-hydroxylation sites is 1. The van der Waals surface area contributed by atoms with Gasteiger partial charge >= 0.3 is 0 Å². The average Bonchev–Trinajstić information content (AvgIpc) is 2.74. The highest BCUT2D eigenvalue weighted by Gasteiger charge is 2.12. The van der Waals surface area contributed by atoms with Gasteiger partial charge in [0.15, 0.2) is 0 Å². The molecule has 0 atom stereocenters. The van der Waals surface area contributed by atoms with E-state index in [2.05, 4.69) is 27.9 Å². The first-order valence-corrected chi connectivity index (χ1v) is 10.7. The number of hydrogen-bond donors (Lipinski definition) is 1. The number of nitrogens with one attached hydrogen (secondary N) is 1. The first kappa shape index (κ1) is 23.1. The van der Waals surface area contributed by atoms with Crippen molar-refractivity contribution in [3.05, 3.63) is 96.8 Å². The lowest BCUT2D eigenvalue weighted by Crippen LogP contribution is -2.14. The van der Waals surface area contributed by atoms with Crippen LogP contribution in [-0.4, -0.2) is 5.91 Å². The summed E-state index contributed by atoms with van der Waals surface area (Å²) in [5, 5.41) is 12.8. The molecule has 8 heteroatoms. The van der Waals surface area contributed by atoms with Crippen molar-refractivity contribution in [1.29, 1.82) is 5.26 Å². The van der Waals surface area contributed by atoms with Crippen LogP contribution in [0.25, 0.3) is 6.08 Å². The summed E-state index contributed by atoms with van der Waals surface area (Å²) in [4.78, 5) is 12.4. The van der Waals surface area contributed by atoms with Gasteiger partial charge in [0.05, 0.1) is 9.26 Å². The van der Waals surface area contributed by atoms with Crippen LogP contribution in [-0.2, 0) is 11.4 Å². The molecule has 31 heavy (non-hydrogen) atoms. The van der Waals surface area contributed by atoms with E-state index in [0.29, 0.717) is 21.4 Å². The maximum atomic E-state index is 13.7. The molecule has 1 amide bonds. The molecule has 0 unspecified atom stereocenters. The molecule has 0 heterocycles. The molecule has 0 aliphatic carbocycles. The Morgan fingerprint density at radius 2 is 1.94 bits per heavy atom. The van der Waals surface area contributed by atoms with Crippen LogP contribution in [0.2, 0.25) is 10.0 Å². The highest BCUT2D eigenvalue weighted by molar-refractivity contribution is 14.1. The summed E-state index contributed by atoms with van der Waals surface area (Å²) in [6.45, 7) is 0.260. The van der Waals surface area contributed by atoms with Crippen molar-refractivity contribution in [2.75, 3.05) is 5.32 Å². The zero-order valence-corrected chi connectivity index (χ0v) is 19.5. The summed E-state index contributed by atoms with van der Waals surface area (Å²) in [7, 11) is 0. The van der Waals surface area contributed by atoms with E-state index in [-0.39, 0.29) is 17.9 Å². The van der Waals surface area contributed by atoms with E-state index < -0.39 is 11.7 Å². The SMILES string of the molecule is N#C/C(=C/c1ccc(OCc2ccc(Cl)cc2Cl)c(I)c1)C(=O)Nc1ccccc1F. The monoisotopic (exact) mass is 566 g/mol. The highest BCUT2D eigenvalue weighted by atomic mass is 127. The molecule has 3 rings (SSSR count). The van der Waals surface area contributed by atoms with Crippen molar-refractivity contribution < 1.29 is 13.9 Å². The van der Waals surface area contributed by atoms with E-state index in [1.807, 2.05) is 6.07 Å². The van der Waals surface area contributed by atoms with Crippen molar-refractivity contribution >= 4 is 63.5 Å². The molecule has 156 valence electrons. The van der Waals surface area contributed by atoms with Crippen molar-refractivity contribution in [2.45, 2.75) is 6.61 Å². The smallest absolute Gasteiger partial charge is 0.266 e. The number of benzene rings is 3. The number of anilines is 1. The van der Waals surface area contributed by atoms with Crippen LogP contribution in [0.5, 0.6) is 5.75 Å². The molecule has 0 saturated carbocycles. The van der Waals surface area contributed by atoms with E-state index in [1.165, 1.54) is 24.3 Å².